The molecule has 1 heterocycles. The molecule has 0 atom stereocenters. The number of benzene rings is 1. The summed E-state index contributed by atoms with van der Waals surface area (Å²) < 4.78 is 13.8. The molecule has 0 radical (unpaired) electrons. The van der Waals surface area contributed by atoms with Gasteiger partial charge >= 0.3 is 0 Å². The minimum Gasteiger partial charge on any atom is -0.232 e. The van der Waals surface area contributed by atoms with E-state index >= 15 is 0 Å². The maximum absolute atomic E-state index is 13.8. The van der Waals surface area contributed by atoms with Gasteiger partial charge in [-0.2, -0.15) is 0 Å². The van der Waals surface area contributed by atoms with Gasteiger partial charge in [0.2, 0.25) is 0 Å². The summed E-state index contributed by atoms with van der Waals surface area (Å²) in [6.07, 6.45) is 0. The molecule has 0 aliphatic heterocycles. The molecule has 94 valence electrons. The van der Waals surface area contributed by atoms with Crippen molar-refractivity contribution in [2.24, 2.45) is 0 Å². The topological polar surface area (TPSA) is 25.8 Å². The Labute approximate surface area is 111 Å². The van der Waals surface area contributed by atoms with Gasteiger partial charge in [-0.25, -0.2) is 14.4 Å². The van der Waals surface area contributed by atoms with E-state index in [0.717, 1.165) is 0 Å². The number of hydrogen-bond acceptors (Lipinski definition) is 2. The molecule has 4 heteroatoms. The molecule has 0 unspecified atom stereocenters. The van der Waals surface area contributed by atoms with Crippen molar-refractivity contribution in [3.05, 3.63) is 46.6 Å². The number of halogens is 2. The Morgan fingerprint density at radius 1 is 1.17 bits per heavy atom. The first kappa shape index (κ1) is 13.0. The van der Waals surface area contributed by atoms with Crippen molar-refractivity contribution < 1.29 is 4.39 Å². The van der Waals surface area contributed by atoms with Crippen LogP contribution in [0.4, 0.5) is 4.39 Å². The van der Waals surface area contributed by atoms with Gasteiger partial charge in [-0.3, -0.25) is 0 Å². The van der Waals surface area contributed by atoms with Crippen LogP contribution in [-0.2, 0) is 0 Å². The van der Waals surface area contributed by atoms with E-state index in [9.17, 15) is 4.39 Å². The highest BCUT2D eigenvalue weighted by Crippen LogP contribution is 2.29. The van der Waals surface area contributed by atoms with Crippen LogP contribution in [0.25, 0.3) is 11.3 Å². The molecule has 0 aliphatic carbocycles. The lowest BCUT2D eigenvalue weighted by Gasteiger charge is -2.11. The minimum atomic E-state index is -0.301. The lowest BCUT2D eigenvalue weighted by molar-refractivity contribution is 0.630. The second kappa shape index (κ2) is 5.02. The standard InChI is InChI=1S/C14H14ClFN2/c1-8(2)14-17-12(9(3)13(15)18-14)10-6-4-5-7-11(10)16/h4-8H,1-3H3. The fourth-order valence-electron chi connectivity index (χ4n) is 1.68. The Kier molecular flexibility index (Phi) is 3.62. The molecule has 2 rings (SSSR count). The van der Waals surface area contributed by atoms with Crippen LogP contribution >= 0.6 is 11.6 Å². The average molecular weight is 265 g/mol. The van der Waals surface area contributed by atoms with Crippen LogP contribution in [0.3, 0.4) is 0 Å². The quantitative estimate of drug-likeness (QED) is 0.753. The predicted molar refractivity (Wildman–Crippen MR) is 71.3 cm³/mol. The zero-order valence-electron chi connectivity index (χ0n) is 10.5. The van der Waals surface area contributed by atoms with Crippen molar-refractivity contribution in [3.8, 4) is 11.3 Å². The summed E-state index contributed by atoms with van der Waals surface area (Å²) in [6.45, 7) is 5.76. The minimum absolute atomic E-state index is 0.147. The molecule has 0 N–H and O–H groups in total. The van der Waals surface area contributed by atoms with Gasteiger partial charge in [0.25, 0.3) is 0 Å². The summed E-state index contributed by atoms with van der Waals surface area (Å²) >= 11 is 6.09. The Balaban J connectivity index is 2.67. The van der Waals surface area contributed by atoms with Crippen molar-refractivity contribution in [2.75, 3.05) is 0 Å². The van der Waals surface area contributed by atoms with Gasteiger partial charge in [-0.15, -0.1) is 0 Å². The van der Waals surface area contributed by atoms with Crippen LogP contribution in [0.1, 0.15) is 31.2 Å². The molecule has 0 spiro atoms. The third-order valence-corrected chi connectivity index (χ3v) is 3.12. The van der Waals surface area contributed by atoms with Crippen molar-refractivity contribution in [1.82, 2.24) is 9.97 Å². The van der Waals surface area contributed by atoms with E-state index in [1.165, 1.54) is 6.07 Å². The van der Waals surface area contributed by atoms with Crippen LogP contribution in [0.5, 0.6) is 0 Å². The summed E-state index contributed by atoms with van der Waals surface area (Å²) in [5.74, 6) is 0.475. The van der Waals surface area contributed by atoms with Crippen molar-refractivity contribution in [3.63, 3.8) is 0 Å². The third kappa shape index (κ3) is 2.36. The molecule has 2 aromatic rings. The van der Waals surface area contributed by atoms with E-state index in [4.69, 9.17) is 11.6 Å². The smallest absolute Gasteiger partial charge is 0.136 e. The largest absolute Gasteiger partial charge is 0.232 e. The van der Waals surface area contributed by atoms with Crippen LogP contribution < -0.4 is 0 Å². The summed E-state index contributed by atoms with van der Waals surface area (Å²) in [6, 6.07) is 6.55. The van der Waals surface area contributed by atoms with E-state index in [1.54, 1.807) is 25.1 Å². The summed E-state index contributed by atoms with van der Waals surface area (Å²) in [5.41, 5.74) is 1.73. The number of hydrogen-bond donors (Lipinski definition) is 0. The lowest BCUT2D eigenvalue weighted by Crippen LogP contribution is -2.03. The molecule has 2 nitrogen and oxygen atoms in total. The highest BCUT2D eigenvalue weighted by atomic mass is 35.5. The number of aromatic nitrogens is 2. The Bertz CT molecular complexity index is 582. The van der Waals surface area contributed by atoms with E-state index in [1.807, 2.05) is 13.8 Å². The van der Waals surface area contributed by atoms with Crippen LogP contribution in [0.2, 0.25) is 5.15 Å². The van der Waals surface area contributed by atoms with E-state index in [0.29, 0.717) is 27.8 Å². The first-order chi connectivity index (χ1) is 8.50. The Hall–Kier alpha value is -1.48. The lowest BCUT2D eigenvalue weighted by atomic mass is 10.1. The molecular weight excluding hydrogens is 251 g/mol. The fourth-order valence-corrected chi connectivity index (χ4v) is 1.86. The van der Waals surface area contributed by atoms with Crippen molar-refractivity contribution >= 4 is 11.6 Å². The molecule has 1 aromatic carbocycles. The van der Waals surface area contributed by atoms with Gasteiger partial charge in [0, 0.05) is 17.0 Å². The van der Waals surface area contributed by atoms with Gasteiger partial charge < -0.3 is 0 Å². The van der Waals surface area contributed by atoms with Crippen molar-refractivity contribution in [2.45, 2.75) is 26.7 Å². The Morgan fingerprint density at radius 2 is 1.83 bits per heavy atom. The monoisotopic (exact) mass is 264 g/mol. The third-order valence-electron chi connectivity index (χ3n) is 2.75. The molecule has 0 amide bonds. The highest BCUT2D eigenvalue weighted by molar-refractivity contribution is 6.30. The molecule has 0 saturated heterocycles. The highest BCUT2D eigenvalue weighted by Gasteiger charge is 2.15. The van der Waals surface area contributed by atoms with Crippen LogP contribution in [0, 0.1) is 12.7 Å². The molecule has 1 aromatic heterocycles. The van der Waals surface area contributed by atoms with Gasteiger partial charge in [0.05, 0.1) is 5.69 Å². The average Bonchev–Trinajstić information content (AvgIpc) is 2.33. The van der Waals surface area contributed by atoms with Gasteiger partial charge in [-0.05, 0) is 19.1 Å². The maximum Gasteiger partial charge on any atom is 0.136 e. The molecular formula is C14H14ClFN2. The molecule has 0 bridgehead atoms. The van der Waals surface area contributed by atoms with Crippen LogP contribution in [0.15, 0.2) is 24.3 Å². The summed E-state index contributed by atoms with van der Waals surface area (Å²) in [5, 5.41) is 0.381. The second-order valence-corrected chi connectivity index (χ2v) is 4.84. The Morgan fingerprint density at radius 3 is 2.44 bits per heavy atom. The maximum atomic E-state index is 13.8. The van der Waals surface area contributed by atoms with E-state index in [-0.39, 0.29) is 11.7 Å². The molecule has 0 aliphatic rings. The normalized spacial score (nSPS) is 11.0. The first-order valence-electron chi connectivity index (χ1n) is 5.79. The van der Waals surface area contributed by atoms with Gasteiger partial charge in [0.1, 0.15) is 16.8 Å². The summed E-state index contributed by atoms with van der Waals surface area (Å²) in [4.78, 5) is 8.65. The first-order valence-corrected chi connectivity index (χ1v) is 6.17. The number of rotatable bonds is 2. The summed E-state index contributed by atoms with van der Waals surface area (Å²) in [7, 11) is 0. The molecule has 0 fully saturated rings. The van der Waals surface area contributed by atoms with E-state index < -0.39 is 0 Å². The van der Waals surface area contributed by atoms with Crippen LogP contribution in [-0.4, -0.2) is 9.97 Å². The molecule has 18 heavy (non-hydrogen) atoms. The predicted octanol–water partition coefficient (Wildman–Crippen LogP) is 4.37. The van der Waals surface area contributed by atoms with Gasteiger partial charge in [0.15, 0.2) is 0 Å². The SMILES string of the molecule is Cc1c(Cl)nc(C(C)C)nc1-c1ccccc1F. The second-order valence-electron chi connectivity index (χ2n) is 4.48. The fraction of sp³-hybridized carbons (Fsp3) is 0.286. The van der Waals surface area contributed by atoms with Crippen molar-refractivity contribution in [1.29, 1.82) is 0 Å². The zero-order chi connectivity index (χ0) is 13.3. The zero-order valence-corrected chi connectivity index (χ0v) is 11.3. The molecule has 0 saturated carbocycles. The van der Waals surface area contributed by atoms with E-state index in [2.05, 4.69) is 9.97 Å². The van der Waals surface area contributed by atoms with Gasteiger partial charge in [-0.1, -0.05) is 37.6 Å². The number of nitrogens with zero attached hydrogens (tertiary/aromatic N) is 2.